The molecule has 2 aromatic carbocycles. The number of nitrogens with one attached hydrogen (secondary N) is 1. The van der Waals surface area contributed by atoms with E-state index in [1.807, 2.05) is 65.2 Å². The van der Waals surface area contributed by atoms with Gasteiger partial charge in [0.05, 0.1) is 23.6 Å². The van der Waals surface area contributed by atoms with Crippen LogP contribution >= 0.6 is 23.4 Å². The Labute approximate surface area is 189 Å². The van der Waals surface area contributed by atoms with Gasteiger partial charge in [-0.05, 0) is 48.4 Å². The summed E-state index contributed by atoms with van der Waals surface area (Å²) in [4.78, 5) is 12.5. The molecule has 0 aliphatic rings. The minimum absolute atomic E-state index is 0.110. The quantitative estimate of drug-likeness (QED) is 0.356. The topological polar surface area (TPSA) is 73.0 Å². The Morgan fingerprint density at radius 2 is 1.90 bits per heavy atom. The van der Waals surface area contributed by atoms with Crippen molar-refractivity contribution < 1.29 is 9.21 Å². The molecule has 31 heavy (non-hydrogen) atoms. The standard InChI is InChI=1S/C23H21ClN4O2S/c1-2-16-9-11-17(12-10-16)25-21(29)15-31-23-27-26-22(19-7-3-4-8-20(19)24)28(23)14-18-6-5-13-30-18/h3-13H,2,14-15H2,1H3,(H,25,29). The van der Waals surface area contributed by atoms with Crippen molar-refractivity contribution in [2.45, 2.75) is 25.0 Å². The zero-order chi connectivity index (χ0) is 21.6. The number of carbonyl (C=O) groups is 1. The molecule has 0 atom stereocenters. The maximum absolute atomic E-state index is 12.5. The van der Waals surface area contributed by atoms with Crippen LogP contribution in [0.5, 0.6) is 0 Å². The Bertz CT molecular complexity index is 1160. The second-order valence-electron chi connectivity index (χ2n) is 6.84. The molecule has 0 fully saturated rings. The lowest BCUT2D eigenvalue weighted by Gasteiger charge is -2.10. The van der Waals surface area contributed by atoms with Crippen molar-refractivity contribution in [1.82, 2.24) is 14.8 Å². The van der Waals surface area contributed by atoms with E-state index in [1.54, 1.807) is 6.26 Å². The largest absolute Gasteiger partial charge is 0.467 e. The van der Waals surface area contributed by atoms with E-state index in [-0.39, 0.29) is 11.7 Å². The van der Waals surface area contributed by atoms with E-state index in [0.717, 1.165) is 23.4 Å². The number of aryl methyl sites for hydroxylation is 1. The highest BCUT2D eigenvalue weighted by atomic mass is 35.5. The first-order valence-electron chi connectivity index (χ1n) is 9.86. The molecule has 2 aromatic heterocycles. The number of halogens is 1. The van der Waals surface area contributed by atoms with Gasteiger partial charge < -0.3 is 9.73 Å². The summed E-state index contributed by atoms with van der Waals surface area (Å²) in [6.07, 6.45) is 2.59. The van der Waals surface area contributed by atoms with E-state index in [2.05, 4.69) is 22.4 Å². The zero-order valence-corrected chi connectivity index (χ0v) is 18.5. The normalized spacial score (nSPS) is 10.9. The van der Waals surface area contributed by atoms with Crippen LogP contribution in [0.4, 0.5) is 5.69 Å². The Kier molecular flexibility index (Phi) is 6.74. The third kappa shape index (κ3) is 5.18. The van der Waals surface area contributed by atoms with Gasteiger partial charge in [-0.1, -0.05) is 54.6 Å². The van der Waals surface area contributed by atoms with Gasteiger partial charge in [-0.25, -0.2) is 0 Å². The number of carbonyl (C=O) groups excluding carboxylic acids is 1. The molecule has 0 spiro atoms. The van der Waals surface area contributed by atoms with Crippen LogP contribution in [0.15, 0.2) is 76.5 Å². The van der Waals surface area contributed by atoms with Gasteiger partial charge in [-0.2, -0.15) is 0 Å². The number of nitrogens with zero attached hydrogens (tertiary/aromatic N) is 3. The number of hydrogen-bond acceptors (Lipinski definition) is 5. The molecule has 0 aliphatic heterocycles. The zero-order valence-electron chi connectivity index (χ0n) is 16.9. The minimum Gasteiger partial charge on any atom is -0.467 e. The third-order valence-corrected chi connectivity index (χ3v) is 6.00. The fraction of sp³-hybridized carbons (Fsp3) is 0.174. The lowest BCUT2D eigenvalue weighted by molar-refractivity contribution is -0.113. The summed E-state index contributed by atoms with van der Waals surface area (Å²) < 4.78 is 7.42. The van der Waals surface area contributed by atoms with E-state index < -0.39 is 0 Å². The predicted molar refractivity (Wildman–Crippen MR) is 123 cm³/mol. The summed E-state index contributed by atoms with van der Waals surface area (Å²) in [6.45, 7) is 2.53. The summed E-state index contributed by atoms with van der Waals surface area (Å²) in [7, 11) is 0. The summed E-state index contributed by atoms with van der Waals surface area (Å²) in [5.74, 6) is 1.48. The maximum atomic E-state index is 12.5. The number of aromatic nitrogens is 3. The Morgan fingerprint density at radius 3 is 2.61 bits per heavy atom. The number of thioether (sulfide) groups is 1. The second kappa shape index (κ2) is 9.85. The van der Waals surface area contributed by atoms with Gasteiger partial charge in [0.25, 0.3) is 0 Å². The van der Waals surface area contributed by atoms with Crippen molar-refractivity contribution in [2.75, 3.05) is 11.1 Å². The van der Waals surface area contributed by atoms with Crippen LogP contribution in [0.25, 0.3) is 11.4 Å². The Morgan fingerprint density at radius 1 is 1.10 bits per heavy atom. The van der Waals surface area contributed by atoms with Crippen LogP contribution in [0.2, 0.25) is 5.02 Å². The van der Waals surface area contributed by atoms with E-state index in [1.165, 1.54) is 17.3 Å². The van der Waals surface area contributed by atoms with E-state index in [9.17, 15) is 4.79 Å². The van der Waals surface area contributed by atoms with Crippen LogP contribution in [0.1, 0.15) is 18.2 Å². The minimum atomic E-state index is -0.110. The number of furan rings is 1. The SMILES string of the molecule is CCc1ccc(NC(=O)CSc2nnc(-c3ccccc3Cl)n2Cc2ccco2)cc1. The molecule has 0 bridgehead atoms. The fourth-order valence-corrected chi connectivity index (χ4v) is 4.05. The molecule has 2 heterocycles. The van der Waals surface area contributed by atoms with Gasteiger partial charge in [-0.15, -0.1) is 10.2 Å². The summed E-state index contributed by atoms with van der Waals surface area (Å²) in [6, 6.07) is 19.0. The van der Waals surface area contributed by atoms with Crippen LogP contribution in [0, 0.1) is 0 Å². The van der Waals surface area contributed by atoms with Gasteiger partial charge in [-0.3, -0.25) is 9.36 Å². The molecule has 1 amide bonds. The maximum Gasteiger partial charge on any atom is 0.234 e. The number of benzene rings is 2. The van der Waals surface area contributed by atoms with Crippen molar-refractivity contribution in [2.24, 2.45) is 0 Å². The Balaban J connectivity index is 1.52. The molecule has 6 nitrogen and oxygen atoms in total. The van der Waals surface area contributed by atoms with Crippen molar-refractivity contribution in [3.63, 3.8) is 0 Å². The molecule has 8 heteroatoms. The van der Waals surface area contributed by atoms with Gasteiger partial charge >= 0.3 is 0 Å². The summed E-state index contributed by atoms with van der Waals surface area (Å²) in [5.41, 5.74) is 2.78. The molecule has 4 aromatic rings. The van der Waals surface area contributed by atoms with Crippen molar-refractivity contribution in [3.05, 3.63) is 83.3 Å². The van der Waals surface area contributed by atoms with Gasteiger partial charge in [0.2, 0.25) is 5.91 Å². The van der Waals surface area contributed by atoms with Gasteiger partial charge in [0.15, 0.2) is 11.0 Å². The fourth-order valence-electron chi connectivity index (χ4n) is 3.09. The van der Waals surface area contributed by atoms with Crippen molar-refractivity contribution >= 4 is 35.0 Å². The third-order valence-electron chi connectivity index (χ3n) is 4.70. The molecular formula is C23H21ClN4O2S. The number of hydrogen-bond donors (Lipinski definition) is 1. The number of anilines is 1. The highest BCUT2D eigenvalue weighted by Gasteiger charge is 2.18. The number of amides is 1. The first-order chi connectivity index (χ1) is 15.1. The highest BCUT2D eigenvalue weighted by molar-refractivity contribution is 7.99. The lowest BCUT2D eigenvalue weighted by atomic mass is 10.1. The molecule has 4 rings (SSSR count). The van der Waals surface area contributed by atoms with Crippen LogP contribution in [0.3, 0.4) is 0 Å². The summed E-state index contributed by atoms with van der Waals surface area (Å²) in [5, 5.41) is 12.8. The van der Waals surface area contributed by atoms with Crippen molar-refractivity contribution in [3.8, 4) is 11.4 Å². The Hall–Kier alpha value is -3.03. The molecule has 0 radical (unpaired) electrons. The van der Waals surface area contributed by atoms with Gasteiger partial charge in [0.1, 0.15) is 5.76 Å². The molecular weight excluding hydrogens is 432 g/mol. The molecule has 0 aliphatic carbocycles. The lowest BCUT2D eigenvalue weighted by Crippen LogP contribution is -2.14. The number of rotatable bonds is 8. The molecule has 158 valence electrons. The highest BCUT2D eigenvalue weighted by Crippen LogP contribution is 2.30. The second-order valence-corrected chi connectivity index (χ2v) is 8.19. The predicted octanol–water partition coefficient (Wildman–Crippen LogP) is 5.53. The van der Waals surface area contributed by atoms with E-state index in [4.69, 9.17) is 16.0 Å². The molecule has 1 N–H and O–H groups in total. The first-order valence-corrected chi connectivity index (χ1v) is 11.2. The molecule has 0 unspecified atom stereocenters. The van der Waals surface area contributed by atoms with Crippen molar-refractivity contribution in [1.29, 1.82) is 0 Å². The van der Waals surface area contributed by atoms with Crippen LogP contribution in [-0.2, 0) is 17.8 Å². The average molecular weight is 453 g/mol. The van der Waals surface area contributed by atoms with E-state index >= 15 is 0 Å². The average Bonchev–Trinajstić information content (AvgIpc) is 3.44. The summed E-state index contributed by atoms with van der Waals surface area (Å²) >= 11 is 7.70. The smallest absolute Gasteiger partial charge is 0.234 e. The molecule has 0 saturated carbocycles. The first kappa shape index (κ1) is 21.2. The van der Waals surface area contributed by atoms with Gasteiger partial charge in [0, 0.05) is 11.3 Å². The monoisotopic (exact) mass is 452 g/mol. The van der Waals surface area contributed by atoms with Crippen LogP contribution < -0.4 is 5.32 Å². The molecule has 0 saturated heterocycles. The van der Waals surface area contributed by atoms with Crippen LogP contribution in [-0.4, -0.2) is 26.4 Å². The van der Waals surface area contributed by atoms with E-state index in [0.29, 0.717) is 22.5 Å².